The third-order valence-corrected chi connectivity index (χ3v) is 3.17. The molecular formula is C16H19N3O2. The van der Waals surface area contributed by atoms with Crippen molar-refractivity contribution in [1.29, 1.82) is 0 Å². The topological polar surface area (TPSA) is 61.4 Å². The zero-order valence-electron chi connectivity index (χ0n) is 12.2. The van der Waals surface area contributed by atoms with E-state index in [-0.39, 0.29) is 24.9 Å². The molecule has 2 aromatic rings. The fourth-order valence-corrected chi connectivity index (χ4v) is 2.15. The molecule has 0 fully saturated rings. The maximum Gasteiger partial charge on any atom is 0.238 e. The van der Waals surface area contributed by atoms with Crippen LogP contribution in [0.5, 0.6) is 0 Å². The van der Waals surface area contributed by atoms with E-state index in [9.17, 15) is 9.59 Å². The van der Waals surface area contributed by atoms with E-state index in [1.54, 1.807) is 19.0 Å². The van der Waals surface area contributed by atoms with Crippen LogP contribution in [0.25, 0.3) is 10.8 Å². The normalized spacial score (nSPS) is 10.6. The van der Waals surface area contributed by atoms with E-state index in [4.69, 9.17) is 0 Å². The Morgan fingerprint density at radius 3 is 2.43 bits per heavy atom. The first-order valence-corrected chi connectivity index (χ1v) is 6.77. The molecule has 0 aliphatic heterocycles. The summed E-state index contributed by atoms with van der Waals surface area (Å²) in [5, 5.41) is 7.51. The molecule has 0 aliphatic rings. The molecule has 0 saturated carbocycles. The van der Waals surface area contributed by atoms with Crippen LogP contribution < -0.4 is 10.6 Å². The molecule has 0 radical (unpaired) electrons. The summed E-state index contributed by atoms with van der Waals surface area (Å²) >= 11 is 0. The van der Waals surface area contributed by atoms with Gasteiger partial charge >= 0.3 is 0 Å². The van der Waals surface area contributed by atoms with Gasteiger partial charge in [0.15, 0.2) is 0 Å². The van der Waals surface area contributed by atoms with Gasteiger partial charge < -0.3 is 10.6 Å². The number of anilines is 1. The molecule has 0 bridgehead atoms. The number of likely N-dealkylation sites (N-methyl/N-ethyl adjacent to an activating group) is 2. The molecule has 0 saturated heterocycles. The van der Waals surface area contributed by atoms with Crippen molar-refractivity contribution in [2.45, 2.75) is 0 Å². The SMILES string of the molecule is CNC(=O)CN(C)CC(=O)Nc1cccc2ccccc12. The summed E-state index contributed by atoms with van der Waals surface area (Å²) in [6.45, 7) is 0.357. The minimum absolute atomic E-state index is 0.115. The summed E-state index contributed by atoms with van der Waals surface area (Å²) in [4.78, 5) is 25.0. The molecule has 0 unspecified atom stereocenters. The summed E-state index contributed by atoms with van der Waals surface area (Å²) < 4.78 is 0. The lowest BCUT2D eigenvalue weighted by Crippen LogP contribution is -2.37. The number of hydrogen-bond acceptors (Lipinski definition) is 3. The molecule has 5 heteroatoms. The molecule has 2 N–H and O–H groups in total. The van der Waals surface area contributed by atoms with Crippen molar-refractivity contribution in [2.75, 3.05) is 32.5 Å². The number of carbonyl (C=O) groups excluding carboxylic acids is 2. The molecule has 2 amide bonds. The Labute approximate surface area is 123 Å². The van der Waals surface area contributed by atoms with Crippen LogP contribution in [0, 0.1) is 0 Å². The number of benzene rings is 2. The average molecular weight is 285 g/mol. The first kappa shape index (κ1) is 15.0. The molecule has 0 spiro atoms. The Balaban J connectivity index is 2.03. The number of fused-ring (bicyclic) bond motifs is 1. The Bertz CT molecular complexity index is 650. The molecule has 0 aromatic heterocycles. The summed E-state index contributed by atoms with van der Waals surface area (Å²) in [6.07, 6.45) is 0. The van der Waals surface area contributed by atoms with Crippen molar-refractivity contribution in [3.8, 4) is 0 Å². The van der Waals surface area contributed by atoms with Crippen molar-refractivity contribution < 1.29 is 9.59 Å². The van der Waals surface area contributed by atoms with Gasteiger partial charge in [0.25, 0.3) is 0 Å². The molecule has 110 valence electrons. The number of rotatable bonds is 5. The highest BCUT2D eigenvalue weighted by Gasteiger charge is 2.10. The van der Waals surface area contributed by atoms with Crippen LogP contribution in [0.3, 0.4) is 0 Å². The first-order valence-electron chi connectivity index (χ1n) is 6.77. The minimum Gasteiger partial charge on any atom is -0.358 e. The van der Waals surface area contributed by atoms with Crippen molar-refractivity contribution in [2.24, 2.45) is 0 Å². The molecule has 2 aromatic carbocycles. The van der Waals surface area contributed by atoms with E-state index < -0.39 is 0 Å². The maximum absolute atomic E-state index is 12.1. The quantitative estimate of drug-likeness (QED) is 0.874. The number of nitrogens with one attached hydrogen (secondary N) is 2. The number of amides is 2. The Kier molecular flexibility index (Phi) is 4.90. The van der Waals surface area contributed by atoms with E-state index in [0.717, 1.165) is 16.5 Å². The molecule has 21 heavy (non-hydrogen) atoms. The van der Waals surface area contributed by atoms with Crippen molar-refractivity contribution in [3.05, 3.63) is 42.5 Å². The predicted octanol–water partition coefficient (Wildman–Crippen LogP) is 1.46. The number of hydrogen-bond donors (Lipinski definition) is 2. The van der Waals surface area contributed by atoms with Crippen molar-refractivity contribution in [3.63, 3.8) is 0 Å². The van der Waals surface area contributed by atoms with Crippen molar-refractivity contribution in [1.82, 2.24) is 10.2 Å². The second-order valence-corrected chi connectivity index (χ2v) is 4.92. The van der Waals surface area contributed by atoms with Gasteiger partial charge in [0.2, 0.25) is 11.8 Å². The standard InChI is InChI=1S/C16H19N3O2/c1-17-15(20)10-19(2)11-16(21)18-14-9-5-7-12-6-3-4-8-13(12)14/h3-9H,10-11H2,1-2H3,(H,17,20)(H,18,21). The zero-order chi connectivity index (χ0) is 15.2. The average Bonchev–Trinajstić information content (AvgIpc) is 2.47. The summed E-state index contributed by atoms with van der Waals surface area (Å²) in [7, 11) is 3.31. The van der Waals surface area contributed by atoms with Crippen LogP contribution >= 0.6 is 0 Å². The largest absolute Gasteiger partial charge is 0.358 e. The molecule has 2 rings (SSSR count). The lowest BCUT2D eigenvalue weighted by molar-refractivity contribution is -0.122. The third-order valence-electron chi connectivity index (χ3n) is 3.17. The van der Waals surface area contributed by atoms with Gasteiger partial charge in [-0.1, -0.05) is 36.4 Å². The number of carbonyl (C=O) groups is 2. The van der Waals surface area contributed by atoms with Gasteiger partial charge in [0.1, 0.15) is 0 Å². The highest BCUT2D eigenvalue weighted by molar-refractivity contribution is 6.02. The molecule has 0 aliphatic carbocycles. The predicted molar refractivity (Wildman–Crippen MR) is 84.1 cm³/mol. The van der Waals surface area contributed by atoms with Gasteiger partial charge in [-0.15, -0.1) is 0 Å². The fourth-order valence-electron chi connectivity index (χ4n) is 2.15. The van der Waals surface area contributed by atoms with Crippen LogP contribution in [-0.2, 0) is 9.59 Å². The van der Waals surface area contributed by atoms with Gasteiger partial charge in [-0.3, -0.25) is 14.5 Å². The summed E-state index contributed by atoms with van der Waals surface area (Å²) in [5.74, 6) is -0.256. The maximum atomic E-state index is 12.1. The second kappa shape index (κ2) is 6.85. The molecule has 0 heterocycles. The van der Waals surface area contributed by atoms with E-state index >= 15 is 0 Å². The first-order chi connectivity index (χ1) is 10.1. The second-order valence-electron chi connectivity index (χ2n) is 4.92. The van der Waals surface area contributed by atoms with Gasteiger partial charge in [-0.2, -0.15) is 0 Å². The van der Waals surface area contributed by atoms with Gasteiger partial charge in [0, 0.05) is 18.1 Å². The molecule has 5 nitrogen and oxygen atoms in total. The minimum atomic E-state index is -0.141. The zero-order valence-corrected chi connectivity index (χ0v) is 12.2. The van der Waals surface area contributed by atoms with Gasteiger partial charge in [0.05, 0.1) is 13.1 Å². The lowest BCUT2D eigenvalue weighted by atomic mass is 10.1. The summed E-state index contributed by atoms with van der Waals surface area (Å²) in [6, 6.07) is 13.7. The van der Waals surface area contributed by atoms with Crippen LogP contribution in [0.15, 0.2) is 42.5 Å². The van der Waals surface area contributed by atoms with E-state index in [1.807, 2.05) is 42.5 Å². The highest BCUT2D eigenvalue weighted by atomic mass is 16.2. The van der Waals surface area contributed by atoms with Crippen molar-refractivity contribution >= 4 is 28.3 Å². The van der Waals surface area contributed by atoms with Crippen LogP contribution in [0.1, 0.15) is 0 Å². The Morgan fingerprint density at radius 2 is 1.67 bits per heavy atom. The monoisotopic (exact) mass is 285 g/mol. The van der Waals surface area contributed by atoms with E-state index in [0.29, 0.717) is 0 Å². The smallest absolute Gasteiger partial charge is 0.238 e. The van der Waals surface area contributed by atoms with E-state index in [2.05, 4.69) is 10.6 Å². The van der Waals surface area contributed by atoms with Crippen LogP contribution in [0.2, 0.25) is 0 Å². The van der Waals surface area contributed by atoms with Gasteiger partial charge in [-0.05, 0) is 18.5 Å². The Morgan fingerprint density at radius 1 is 1.00 bits per heavy atom. The fraction of sp³-hybridized carbons (Fsp3) is 0.250. The lowest BCUT2D eigenvalue weighted by Gasteiger charge is -2.15. The highest BCUT2D eigenvalue weighted by Crippen LogP contribution is 2.22. The van der Waals surface area contributed by atoms with E-state index in [1.165, 1.54) is 0 Å². The third kappa shape index (κ3) is 4.03. The summed E-state index contributed by atoms with van der Waals surface area (Å²) in [5.41, 5.74) is 0.784. The Hall–Kier alpha value is -2.40. The molecule has 0 atom stereocenters. The van der Waals surface area contributed by atoms with Crippen LogP contribution in [-0.4, -0.2) is 43.9 Å². The van der Waals surface area contributed by atoms with Gasteiger partial charge in [-0.25, -0.2) is 0 Å². The van der Waals surface area contributed by atoms with Crippen LogP contribution in [0.4, 0.5) is 5.69 Å². The number of nitrogens with zero attached hydrogens (tertiary/aromatic N) is 1. The molecular weight excluding hydrogens is 266 g/mol.